The Balaban J connectivity index is 1.72. The lowest BCUT2D eigenvalue weighted by atomic mass is 9.97. The Labute approximate surface area is 294 Å². The highest BCUT2D eigenvalue weighted by atomic mass is 17.0. The van der Waals surface area contributed by atoms with Crippen LogP contribution < -0.4 is 0 Å². The summed E-state index contributed by atoms with van der Waals surface area (Å²) in [5, 5.41) is 30.8. The summed E-state index contributed by atoms with van der Waals surface area (Å²) in [5.41, 5.74) is 2.94. The molecule has 0 saturated heterocycles. The number of unbranched alkanes of at least 4 members (excludes halogenated alkanes) is 3. The van der Waals surface area contributed by atoms with E-state index in [2.05, 4.69) is 25.1 Å². The van der Waals surface area contributed by atoms with E-state index in [0.29, 0.717) is 37.7 Å². The van der Waals surface area contributed by atoms with Crippen LogP contribution in [0.4, 0.5) is 4.79 Å². The van der Waals surface area contributed by atoms with Gasteiger partial charge in [0.1, 0.15) is 6.04 Å². The van der Waals surface area contributed by atoms with Crippen molar-refractivity contribution in [1.29, 1.82) is 0 Å². The number of carbonyl (C=O) groups excluding carboxylic acids is 3. The zero-order valence-corrected chi connectivity index (χ0v) is 28.9. The fourth-order valence-electron chi connectivity index (χ4n) is 5.05. The van der Waals surface area contributed by atoms with Crippen molar-refractivity contribution < 1.29 is 43.7 Å². The Kier molecular flexibility index (Phi) is 16.2. The second-order valence-electron chi connectivity index (χ2n) is 11.8. The maximum atomic E-state index is 13.5. The molecule has 1 atom stereocenters. The third-order valence-electron chi connectivity index (χ3n) is 7.58. The molecule has 18 heteroatoms. The molecule has 1 aromatic heterocycles. The van der Waals surface area contributed by atoms with Gasteiger partial charge in [0, 0.05) is 18.5 Å². The van der Waals surface area contributed by atoms with E-state index in [4.69, 9.17) is 9.47 Å². The van der Waals surface area contributed by atoms with E-state index >= 15 is 0 Å². The molecule has 0 aliphatic rings. The monoisotopic (exact) mass is 713 g/mol. The van der Waals surface area contributed by atoms with Crippen molar-refractivity contribution in [3.8, 4) is 22.5 Å². The smallest absolute Gasteiger partial charge is 0.453 e. The van der Waals surface area contributed by atoms with Crippen LogP contribution in [0.5, 0.6) is 0 Å². The van der Waals surface area contributed by atoms with Gasteiger partial charge >= 0.3 is 12.1 Å². The summed E-state index contributed by atoms with van der Waals surface area (Å²) in [7, 11) is 0. The number of hydrogen-bond acceptors (Lipinski definition) is 14. The number of benzene rings is 2. The lowest BCUT2D eigenvalue weighted by Gasteiger charge is -2.33. The van der Waals surface area contributed by atoms with E-state index in [1.165, 1.54) is 0 Å². The van der Waals surface area contributed by atoms with Gasteiger partial charge in [-0.3, -0.25) is 4.79 Å². The molecule has 0 radical (unpaired) electrons. The van der Waals surface area contributed by atoms with Crippen molar-refractivity contribution in [1.82, 2.24) is 25.1 Å². The molecule has 1 unspecified atom stereocenters. The molecule has 1 amide bonds. The Hall–Kier alpha value is -5.68. The number of nitrogens with zero attached hydrogens (tertiary/aromatic N) is 7. The van der Waals surface area contributed by atoms with E-state index in [0.717, 1.165) is 27.9 Å². The van der Waals surface area contributed by atoms with Crippen molar-refractivity contribution in [2.45, 2.75) is 78.3 Å². The van der Waals surface area contributed by atoms with Crippen LogP contribution in [-0.2, 0) is 35.3 Å². The van der Waals surface area contributed by atoms with Crippen LogP contribution in [0.25, 0.3) is 22.5 Å². The van der Waals surface area contributed by atoms with Crippen molar-refractivity contribution in [2.75, 3.05) is 26.4 Å². The highest BCUT2D eigenvalue weighted by molar-refractivity contribution is 5.85. The summed E-state index contributed by atoms with van der Waals surface area (Å²) in [6, 6.07) is 13.9. The number of aromatic nitrogens is 4. The molecular formula is C33H43N7O11. The van der Waals surface area contributed by atoms with E-state index in [-0.39, 0.29) is 57.0 Å². The Bertz CT molecular complexity index is 1600. The molecule has 0 saturated carbocycles. The minimum atomic E-state index is -0.886. The van der Waals surface area contributed by atoms with Gasteiger partial charge in [0.25, 0.3) is 10.2 Å². The molecule has 3 rings (SSSR count). The molecule has 0 bridgehead atoms. The van der Waals surface area contributed by atoms with E-state index in [9.17, 15) is 34.6 Å². The maximum Gasteiger partial charge on any atom is 0.453 e. The van der Waals surface area contributed by atoms with Crippen LogP contribution in [0.3, 0.4) is 0 Å². The lowest BCUT2D eigenvalue weighted by molar-refractivity contribution is -0.757. The van der Waals surface area contributed by atoms with Gasteiger partial charge in [-0.2, -0.15) is 0 Å². The predicted molar refractivity (Wildman–Crippen MR) is 179 cm³/mol. The van der Waals surface area contributed by atoms with Crippen LogP contribution in [0.2, 0.25) is 0 Å². The number of esters is 1. The molecule has 0 N–H and O–H groups in total. The van der Waals surface area contributed by atoms with Crippen molar-refractivity contribution in [3.05, 3.63) is 74.3 Å². The molecule has 51 heavy (non-hydrogen) atoms. The van der Waals surface area contributed by atoms with Gasteiger partial charge in [-0.25, -0.2) is 9.59 Å². The molecule has 0 aliphatic carbocycles. The Morgan fingerprint density at radius 2 is 1.41 bits per heavy atom. The highest BCUT2D eigenvalue weighted by Gasteiger charge is 2.33. The minimum absolute atomic E-state index is 0.00984. The lowest BCUT2D eigenvalue weighted by Crippen LogP contribution is -2.48. The average Bonchev–Trinajstić information content (AvgIpc) is 3.60. The molecule has 3 aromatic rings. The molecule has 0 fully saturated rings. The zero-order valence-electron chi connectivity index (χ0n) is 28.9. The summed E-state index contributed by atoms with van der Waals surface area (Å²) in [5.74, 6) is -0.775. The predicted octanol–water partition coefficient (Wildman–Crippen LogP) is 5.06. The van der Waals surface area contributed by atoms with E-state index < -0.39 is 28.3 Å². The average molecular weight is 714 g/mol. The normalized spacial score (nSPS) is 11.5. The standard InChI is InChI=1S/C33H43N7O11/c1-4-5-14-29(41)37(30(24(2)3)32(42)48-19-8-10-21-50-39(44)45)23-25-15-17-26(18-16-25)27-12-6-7-13-28(27)31-34-36-38(35-31)33(43)49-20-9-11-22-51-40(46)47/h6-7,12-13,15-18,24,30H,4-5,8-11,14,19-23H2,1-3H3. The summed E-state index contributed by atoms with van der Waals surface area (Å²) < 4.78 is 10.6. The van der Waals surface area contributed by atoms with Gasteiger partial charge in [0.2, 0.25) is 11.7 Å². The number of ether oxygens (including phenoxy) is 2. The molecule has 18 nitrogen and oxygen atoms in total. The van der Waals surface area contributed by atoms with Crippen molar-refractivity contribution in [2.24, 2.45) is 5.92 Å². The zero-order chi connectivity index (χ0) is 37.2. The Morgan fingerprint density at radius 3 is 2.00 bits per heavy atom. The van der Waals surface area contributed by atoms with Crippen molar-refractivity contribution >= 4 is 18.0 Å². The van der Waals surface area contributed by atoms with Crippen LogP contribution in [0.15, 0.2) is 48.5 Å². The van der Waals surface area contributed by atoms with Gasteiger partial charge in [0.05, 0.1) is 26.4 Å². The summed E-state index contributed by atoms with van der Waals surface area (Å²) >= 11 is 0. The van der Waals surface area contributed by atoms with Crippen LogP contribution in [0, 0.1) is 26.1 Å². The first-order valence-corrected chi connectivity index (χ1v) is 16.7. The van der Waals surface area contributed by atoms with Gasteiger partial charge in [-0.15, -0.1) is 30.4 Å². The summed E-state index contributed by atoms with van der Waals surface area (Å²) in [6.07, 6.45) is 2.28. The molecular weight excluding hydrogens is 670 g/mol. The third-order valence-corrected chi connectivity index (χ3v) is 7.58. The number of hydrogen-bond donors (Lipinski definition) is 0. The largest absolute Gasteiger partial charge is 0.464 e. The molecule has 2 aromatic carbocycles. The summed E-state index contributed by atoms with van der Waals surface area (Å²) in [6.45, 7) is 5.67. The number of rotatable bonds is 22. The van der Waals surface area contributed by atoms with Gasteiger partial charge in [-0.05, 0) is 59.9 Å². The number of amides is 1. The number of carbonyl (C=O) groups is 3. The SMILES string of the molecule is CCCCC(=O)N(Cc1ccc(-c2ccccc2-c2nnn(C(=O)OCCCCO[N+](=O)[O-])n2)cc1)C(C(=O)OCCCCO[N+](=O)[O-])C(C)C. The quantitative estimate of drug-likeness (QED) is 0.0575. The maximum absolute atomic E-state index is 13.5. The van der Waals surface area contributed by atoms with Crippen LogP contribution in [0.1, 0.15) is 71.3 Å². The molecule has 276 valence electrons. The second-order valence-corrected chi connectivity index (χ2v) is 11.8. The first-order chi connectivity index (χ1) is 24.5. The molecule has 0 spiro atoms. The van der Waals surface area contributed by atoms with Crippen LogP contribution >= 0.6 is 0 Å². The molecule has 0 aliphatic heterocycles. The Morgan fingerprint density at radius 1 is 0.824 bits per heavy atom. The fourth-order valence-corrected chi connectivity index (χ4v) is 5.05. The van der Waals surface area contributed by atoms with E-state index in [1.807, 2.05) is 57.2 Å². The van der Waals surface area contributed by atoms with Gasteiger partial charge in [0.15, 0.2) is 0 Å². The van der Waals surface area contributed by atoms with Gasteiger partial charge in [-0.1, -0.05) is 80.5 Å². The summed E-state index contributed by atoms with van der Waals surface area (Å²) in [4.78, 5) is 70.5. The van der Waals surface area contributed by atoms with Gasteiger partial charge < -0.3 is 24.0 Å². The molecule has 1 heterocycles. The van der Waals surface area contributed by atoms with E-state index in [1.54, 1.807) is 17.0 Å². The first-order valence-electron chi connectivity index (χ1n) is 16.7. The topological polar surface area (TPSA) is 221 Å². The minimum Gasteiger partial charge on any atom is -0.464 e. The highest BCUT2D eigenvalue weighted by Crippen LogP contribution is 2.30. The number of tetrazole rings is 1. The fraction of sp³-hybridized carbons (Fsp3) is 0.515. The van der Waals surface area contributed by atoms with Crippen LogP contribution in [-0.4, -0.2) is 85.7 Å². The second kappa shape index (κ2) is 20.7. The first kappa shape index (κ1) is 39.8. The third kappa shape index (κ3) is 12.9. The van der Waals surface area contributed by atoms with Crippen molar-refractivity contribution in [3.63, 3.8) is 0 Å².